The van der Waals surface area contributed by atoms with Gasteiger partial charge in [0.1, 0.15) is 0 Å². The molecule has 1 aliphatic rings. The first-order valence-electron chi connectivity index (χ1n) is 7.11. The third-order valence-corrected chi connectivity index (χ3v) is 6.24. The summed E-state index contributed by atoms with van der Waals surface area (Å²) < 4.78 is 24.8. The minimum Gasteiger partial charge on any atom is -0.300 e. The van der Waals surface area contributed by atoms with Gasteiger partial charge in [-0.2, -0.15) is 0 Å². The Labute approximate surface area is 126 Å². The summed E-state index contributed by atoms with van der Waals surface area (Å²) >= 11 is 5.80. The maximum atomic E-state index is 12.4. The predicted octanol–water partition coefficient (Wildman–Crippen LogP) is 3.23. The molecular weight excluding hydrogens is 294 g/mol. The van der Waals surface area contributed by atoms with Gasteiger partial charge in [0.15, 0.2) is 9.84 Å². The lowest BCUT2D eigenvalue weighted by molar-refractivity contribution is 0.157. The molecule has 5 heteroatoms. The van der Waals surface area contributed by atoms with Crippen molar-refractivity contribution in [3.63, 3.8) is 0 Å². The van der Waals surface area contributed by atoms with Gasteiger partial charge < -0.3 is 0 Å². The fraction of sp³-hybridized carbons (Fsp3) is 0.600. The van der Waals surface area contributed by atoms with Crippen molar-refractivity contribution < 1.29 is 8.42 Å². The molecule has 0 bridgehead atoms. The molecule has 0 amide bonds. The molecule has 3 nitrogen and oxygen atoms in total. The minimum atomic E-state index is -3.24. The topological polar surface area (TPSA) is 37.4 Å². The summed E-state index contributed by atoms with van der Waals surface area (Å²) in [6.45, 7) is 6.26. The van der Waals surface area contributed by atoms with Crippen molar-refractivity contribution in [3.8, 4) is 0 Å². The van der Waals surface area contributed by atoms with Crippen LogP contribution in [0.3, 0.4) is 0 Å². The van der Waals surface area contributed by atoms with Gasteiger partial charge in [-0.05, 0) is 63.0 Å². The largest absolute Gasteiger partial charge is 0.300 e. The molecule has 2 rings (SSSR count). The summed E-state index contributed by atoms with van der Waals surface area (Å²) in [4.78, 5) is 2.65. The van der Waals surface area contributed by atoms with Crippen LogP contribution in [0.5, 0.6) is 0 Å². The molecule has 1 heterocycles. The number of piperidine rings is 1. The van der Waals surface area contributed by atoms with Crippen molar-refractivity contribution in [2.24, 2.45) is 5.92 Å². The van der Waals surface area contributed by atoms with E-state index in [2.05, 4.69) is 11.8 Å². The van der Waals surface area contributed by atoms with E-state index in [1.165, 1.54) is 0 Å². The zero-order chi connectivity index (χ0) is 14.8. The zero-order valence-electron chi connectivity index (χ0n) is 12.0. The number of benzene rings is 1. The highest BCUT2D eigenvalue weighted by Gasteiger charge is 2.25. The summed E-state index contributed by atoms with van der Waals surface area (Å²) in [5.41, 5.74) is 0. The van der Waals surface area contributed by atoms with E-state index >= 15 is 0 Å². The average molecular weight is 316 g/mol. The average Bonchev–Trinajstić information content (AvgIpc) is 2.39. The molecule has 1 saturated heterocycles. The molecule has 1 atom stereocenters. The molecule has 0 unspecified atom stereocenters. The van der Waals surface area contributed by atoms with Crippen LogP contribution in [0.15, 0.2) is 29.2 Å². The lowest BCUT2D eigenvalue weighted by Gasteiger charge is -2.34. The Hall–Kier alpha value is -0.580. The molecule has 0 spiro atoms. The summed E-state index contributed by atoms with van der Waals surface area (Å²) in [6.07, 6.45) is 2.32. The zero-order valence-corrected chi connectivity index (χ0v) is 13.6. The second-order valence-electron chi connectivity index (χ2n) is 5.80. The number of hydrogen-bond acceptors (Lipinski definition) is 3. The standard InChI is InChI=1S/C15H22ClNO2S/c1-12-7-9-17(10-8-12)13(2)11-20(18,19)15-5-3-14(16)4-6-15/h3-6,12-13H,7-11H2,1-2H3/t13-/m1/s1. The normalized spacial score (nSPS) is 19.9. The number of rotatable bonds is 4. The van der Waals surface area contributed by atoms with Gasteiger partial charge in [0.25, 0.3) is 0 Å². The SMILES string of the molecule is CC1CCN([C@H](C)CS(=O)(=O)c2ccc(Cl)cc2)CC1. The van der Waals surface area contributed by atoms with Crippen LogP contribution in [0.25, 0.3) is 0 Å². The molecular formula is C15H22ClNO2S. The van der Waals surface area contributed by atoms with E-state index in [9.17, 15) is 8.42 Å². The Bertz CT molecular complexity index is 533. The van der Waals surface area contributed by atoms with Crippen molar-refractivity contribution in [3.05, 3.63) is 29.3 Å². The maximum Gasteiger partial charge on any atom is 0.179 e. The first kappa shape index (κ1) is 15.8. The Morgan fingerprint density at radius 1 is 1.25 bits per heavy atom. The van der Waals surface area contributed by atoms with E-state index in [1.807, 2.05) is 6.92 Å². The smallest absolute Gasteiger partial charge is 0.179 e. The lowest BCUT2D eigenvalue weighted by atomic mass is 9.98. The molecule has 1 aromatic rings. The minimum absolute atomic E-state index is 0.0585. The van der Waals surface area contributed by atoms with Crippen molar-refractivity contribution >= 4 is 21.4 Å². The van der Waals surface area contributed by atoms with Crippen molar-refractivity contribution in [2.45, 2.75) is 37.6 Å². The summed E-state index contributed by atoms with van der Waals surface area (Å²) in [5.74, 6) is 0.926. The summed E-state index contributed by atoms with van der Waals surface area (Å²) in [7, 11) is -3.24. The fourth-order valence-corrected chi connectivity index (χ4v) is 4.35. The van der Waals surface area contributed by atoms with Gasteiger partial charge >= 0.3 is 0 Å². The van der Waals surface area contributed by atoms with Crippen LogP contribution < -0.4 is 0 Å². The monoisotopic (exact) mass is 315 g/mol. The van der Waals surface area contributed by atoms with E-state index < -0.39 is 9.84 Å². The van der Waals surface area contributed by atoms with Gasteiger partial charge in [0.05, 0.1) is 10.6 Å². The van der Waals surface area contributed by atoms with Crippen LogP contribution in [-0.2, 0) is 9.84 Å². The first-order chi connectivity index (χ1) is 9.38. The van der Waals surface area contributed by atoms with E-state index in [-0.39, 0.29) is 11.8 Å². The molecule has 0 saturated carbocycles. The van der Waals surface area contributed by atoms with Crippen LogP contribution in [0.4, 0.5) is 0 Å². The van der Waals surface area contributed by atoms with Gasteiger partial charge in [0.2, 0.25) is 0 Å². The third-order valence-electron chi connectivity index (χ3n) is 4.07. The Kier molecular flexibility index (Phi) is 5.10. The molecule has 0 aromatic heterocycles. The molecule has 0 aliphatic carbocycles. The second-order valence-corrected chi connectivity index (χ2v) is 8.27. The number of sulfone groups is 1. The van der Waals surface area contributed by atoms with Crippen LogP contribution in [-0.4, -0.2) is 38.2 Å². The molecule has 1 fully saturated rings. The molecule has 20 heavy (non-hydrogen) atoms. The van der Waals surface area contributed by atoms with Crippen molar-refractivity contribution in [2.75, 3.05) is 18.8 Å². The Morgan fingerprint density at radius 3 is 2.35 bits per heavy atom. The lowest BCUT2D eigenvalue weighted by Crippen LogP contribution is -2.42. The van der Waals surface area contributed by atoms with E-state index in [0.717, 1.165) is 31.8 Å². The molecule has 1 aliphatic heterocycles. The van der Waals surface area contributed by atoms with Crippen molar-refractivity contribution in [1.82, 2.24) is 4.90 Å². The van der Waals surface area contributed by atoms with Gasteiger partial charge in [-0.15, -0.1) is 0 Å². The number of hydrogen-bond donors (Lipinski definition) is 0. The molecule has 112 valence electrons. The number of halogens is 1. The van der Waals surface area contributed by atoms with Gasteiger partial charge in [0, 0.05) is 11.1 Å². The van der Waals surface area contributed by atoms with E-state index in [4.69, 9.17) is 11.6 Å². The highest BCUT2D eigenvalue weighted by molar-refractivity contribution is 7.91. The third kappa shape index (κ3) is 3.96. The second kappa shape index (κ2) is 6.46. The van der Waals surface area contributed by atoms with Crippen LogP contribution in [0, 0.1) is 5.92 Å². The maximum absolute atomic E-state index is 12.4. The van der Waals surface area contributed by atoms with Crippen molar-refractivity contribution in [1.29, 1.82) is 0 Å². The predicted molar refractivity (Wildman–Crippen MR) is 82.9 cm³/mol. The summed E-state index contributed by atoms with van der Waals surface area (Å²) in [5, 5.41) is 0.557. The molecule has 1 aromatic carbocycles. The van der Waals surface area contributed by atoms with Crippen LogP contribution in [0.1, 0.15) is 26.7 Å². The Balaban J connectivity index is 2.02. The highest BCUT2D eigenvalue weighted by Crippen LogP contribution is 2.21. The van der Waals surface area contributed by atoms with Gasteiger partial charge in [-0.3, -0.25) is 4.90 Å². The van der Waals surface area contributed by atoms with Crippen LogP contribution in [0.2, 0.25) is 5.02 Å². The van der Waals surface area contributed by atoms with E-state index in [1.54, 1.807) is 24.3 Å². The molecule has 0 N–H and O–H groups in total. The van der Waals surface area contributed by atoms with Gasteiger partial charge in [-0.25, -0.2) is 8.42 Å². The number of likely N-dealkylation sites (tertiary alicyclic amines) is 1. The van der Waals surface area contributed by atoms with E-state index in [0.29, 0.717) is 9.92 Å². The summed E-state index contributed by atoms with van der Waals surface area (Å²) in [6, 6.07) is 6.48. The van der Waals surface area contributed by atoms with Gasteiger partial charge in [-0.1, -0.05) is 18.5 Å². The van der Waals surface area contributed by atoms with Crippen LogP contribution >= 0.6 is 11.6 Å². The number of nitrogens with zero attached hydrogens (tertiary/aromatic N) is 1. The Morgan fingerprint density at radius 2 is 1.80 bits per heavy atom. The fourth-order valence-electron chi connectivity index (χ4n) is 2.63. The highest BCUT2D eigenvalue weighted by atomic mass is 35.5. The quantitative estimate of drug-likeness (QED) is 0.856. The first-order valence-corrected chi connectivity index (χ1v) is 9.14. The molecule has 0 radical (unpaired) electrons.